The van der Waals surface area contributed by atoms with Gasteiger partial charge >= 0.3 is 6.18 Å². The summed E-state index contributed by atoms with van der Waals surface area (Å²) in [4.78, 5) is 0. The molecule has 0 atom stereocenters. The lowest BCUT2D eigenvalue weighted by atomic mass is 10.2. The van der Waals surface area contributed by atoms with Crippen molar-refractivity contribution in [1.82, 2.24) is 0 Å². The Kier molecular flexibility index (Phi) is 4.26. The number of hydrogen-bond donors (Lipinski definition) is 1. The first-order chi connectivity index (χ1) is 9.88. The number of hydrogen-bond acceptors (Lipinski definition) is 3. The lowest BCUT2D eigenvalue weighted by Crippen LogP contribution is -2.05. The fourth-order valence-corrected chi connectivity index (χ4v) is 1.82. The fraction of sp³-hybridized carbons (Fsp3) is 0.200. The summed E-state index contributed by atoms with van der Waals surface area (Å²) >= 11 is 0. The van der Waals surface area contributed by atoms with E-state index in [9.17, 15) is 13.2 Å². The van der Waals surface area contributed by atoms with Crippen molar-refractivity contribution in [2.75, 3.05) is 12.8 Å². The van der Waals surface area contributed by atoms with Crippen LogP contribution in [-0.4, -0.2) is 7.11 Å². The van der Waals surface area contributed by atoms with E-state index in [1.165, 1.54) is 19.2 Å². The van der Waals surface area contributed by atoms with E-state index in [4.69, 9.17) is 15.2 Å². The van der Waals surface area contributed by atoms with Crippen LogP contribution in [0.1, 0.15) is 11.1 Å². The van der Waals surface area contributed by atoms with Crippen molar-refractivity contribution >= 4 is 5.69 Å². The van der Waals surface area contributed by atoms with Gasteiger partial charge in [0.25, 0.3) is 0 Å². The van der Waals surface area contributed by atoms with Gasteiger partial charge in [-0.2, -0.15) is 13.2 Å². The third kappa shape index (κ3) is 4.05. The van der Waals surface area contributed by atoms with Gasteiger partial charge in [-0.05, 0) is 35.9 Å². The van der Waals surface area contributed by atoms with E-state index in [0.717, 1.165) is 12.1 Å². The van der Waals surface area contributed by atoms with E-state index in [2.05, 4.69) is 0 Å². The second-order valence-electron chi connectivity index (χ2n) is 4.43. The molecule has 0 spiro atoms. The highest BCUT2D eigenvalue weighted by molar-refractivity contribution is 5.47. The molecule has 0 unspecified atom stereocenters. The molecular formula is C15H14F3NO2. The fourth-order valence-electron chi connectivity index (χ4n) is 1.82. The van der Waals surface area contributed by atoms with Crippen molar-refractivity contribution in [1.29, 1.82) is 0 Å². The third-order valence-corrected chi connectivity index (χ3v) is 2.79. The summed E-state index contributed by atoms with van der Waals surface area (Å²) in [6, 6.07) is 9.77. The number of alkyl halides is 3. The molecule has 2 aromatic carbocycles. The Morgan fingerprint density at radius 1 is 1.05 bits per heavy atom. The molecule has 6 heteroatoms. The molecule has 0 bridgehead atoms. The van der Waals surface area contributed by atoms with Crippen LogP contribution in [0, 0.1) is 0 Å². The van der Waals surface area contributed by atoms with Crippen molar-refractivity contribution in [3.8, 4) is 11.5 Å². The smallest absolute Gasteiger partial charge is 0.416 e. The molecule has 0 radical (unpaired) electrons. The SMILES string of the molecule is COc1cc(N)cc(COc2cccc(C(F)(F)F)c2)c1. The minimum atomic E-state index is -4.39. The van der Waals surface area contributed by atoms with Gasteiger partial charge in [0.15, 0.2) is 0 Å². The second kappa shape index (κ2) is 5.95. The average Bonchev–Trinajstić information content (AvgIpc) is 2.44. The molecule has 0 aromatic heterocycles. The minimum Gasteiger partial charge on any atom is -0.497 e. The largest absolute Gasteiger partial charge is 0.497 e. The molecule has 0 saturated carbocycles. The number of halogens is 3. The first-order valence-electron chi connectivity index (χ1n) is 6.12. The Morgan fingerprint density at radius 2 is 1.81 bits per heavy atom. The Bertz CT molecular complexity index is 627. The summed E-state index contributed by atoms with van der Waals surface area (Å²) in [6.45, 7) is 0.0999. The van der Waals surface area contributed by atoms with Gasteiger partial charge in [0.1, 0.15) is 18.1 Å². The summed E-state index contributed by atoms with van der Waals surface area (Å²) in [6.07, 6.45) is -4.39. The Morgan fingerprint density at radius 3 is 2.48 bits per heavy atom. The maximum absolute atomic E-state index is 12.6. The first kappa shape index (κ1) is 15.0. The summed E-state index contributed by atoms with van der Waals surface area (Å²) in [5, 5.41) is 0. The monoisotopic (exact) mass is 297 g/mol. The van der Waals surface area contributed by atoms with E-state index in [0.29, 0.717) is 17.0 Å². The number of anilines is 1. The van der Waals surface area contributed by atoms with E-state index in [1.54, 1.807) is 18.2 Å². The van der Waals surface area contributed by atoms with Crippen LogP contribution in [0.3, 0.4) is 0 Å². The van der Waals surface area contributed by atoms with Crippen LogP contribution in [0.5, 0.6) is 11.5 Å². The maximum Gasteiger partial charge on any atom is 0.416 e. The molecular weight excluding hydrogens is 283 g/mol. The van der Waals surface area contributed by atoms with Gasteiger partial charge in [0.2, 0.25) is 0 Å². The molecule has 0 amide bonds. The second-order valence-corrected chi connectivity index (χ2v) is 4.43. The zero-order chi connectivity index (χ0) is 15.5. The number of rotatable bonds is 4. The van der Waals surface area contributed by atoms with Gasteiger partial charge in [-0.3, -0.25) is 0 Å². The van der Waals surface area contributed by atoms with E-state index in [1.807, 2.05) is 0 Å². The van der Waals surface area contributed by atoms with Crippen LogP contribution in [0.25, 0.3) is 0 Å². The molecule has 0 saturated heterocycles. The van der Waals surface area contributed by atoms with Crippen molar-refractivity contribution < 1.29 is 22.6 Å². The van der Waals surface area contributed by atoms with E-state index >= 15 is 0 Å². The zero-order valence-corrected chi connectivity index (χ0v) is 11.3. The highest BCUT2D eigenvalue weighted by Crippen LogP contribution is 2.31. The van der Waals surface area contributed by atoms with Crippen LogP contribution in [0.15, 0.2) is 42.5 Å². The van der Waals surface area contributed by atoms with Gasteiger partial charge in [-0.25, -0.2) is 0 Å². The molecule has 2 rings (SSSR count). The highest BCUT2D eigenvalue weighted by atomic mass is 19.4. The molecule has 2 N–H and O–H groups in total. The third-order valence-electron chi connectivity index (χ3n) is 2.79. The maximum atomic E-state index is 12.6. The Balaban J connectivity index is 2.11. The molecule has 21 heavy (non-hydrogen) atoms. The molecule has 0 aliphatic carbocycles. The van der Waals surface area contributed by atoms with Gasteiger partial charge < -0.3 is 15.2 Å². The summed E-state index contributed by atoms with van der Waals surface area (Å²) < 4.78 is 48.2. The van der Waals surface area contributed by atoms with Crippen LogP contribution >= 0.6 is 0 Å². The lowest BCUT2D eigenvalue weighted by molar-refractivity contribution is -0.137. The number of benzene rings is 2. The molecule has 112 valence electrons. The molecule has 0 aliphatic heterocycles. The van der Waals surface area contributed by atoms with E-state index in [-0.39, 0.29) is 12.4 Å². The predicted molar refractivity (Wildman–Crippen MR) is 73.2 cm³/mol. The summed E-state index contributed by atoms with van der Waals surface area (Å²) in [7, 11) is 1.51. The van der Waals surface area contributed by atoms with Crippen molar-refractivity contribution in [2.45, 2.75) is 12.8 Å². The van der Waals surface area contributed by atoms with Gasteiger partial charge in [-0.15, -0.1) is 0 Å². The van der Waals surface area contributed by atoms with Crippen molar-refractivity contribution in [3.05, 3.63) is 53.6 Å². The molecule has 2 aromatic rings. The number of ether oxygens (including phenoxy) is 2. The van der Waals surface area contributed by atoms with Crippen LogP contribution in [-0.2, 0) is 12.8 Å². The number of nitrogen functional groups attached to an aromatic ring is 1. The zero-order valence-electron chi connectivity index (χ0n) is 11.3. The molecule has 0 aliphatic rings. The highest BCUT2D eigenvalue weighted by Gasteiger charge is 2.30. The lowest BCUT2D eigenvalue weighted by Gasteiger charge is -2.11. The Hall–Kier alpha value is -2.37. The topological polar surface area (TPSA) is 44.5 Å². The van der Waals surface area contributed by atoms with Crippen LogP contribution < -0.4 is 15.2 Å². The predicted octanol–water partition coefficient (Wildman–Crippen LogP) is 3.88. The molecule has 0 heterocycles. The average molecular weight is 297 g/mol. The minimum absolute atomic E-state index is 0.0999. The van der Waals surface area contributed by atoms with E-state index < -0.39 is 11.7 Å². The quantitative estimate of drug-likeness (QED) is 0.871. The van der Waals surface area contributed by atoms with Crippen LogP contribution in [0.2, 0.25) is 0 Å². The summed E-state index contributed by atoms with van der Waals surface area (Å²) in [5.74, 6) is 0.712. The first-order valence-corrected chi connectivity index (χ1v) is 6.12. The van der Waals surface area contributed by atoms with Gasteiger partial charge in [0.05, 0.1) is 12.7 Å². The standard InChI is InChI=1S/C15H14F3NO2/c1-20-14-6-10(5-12(19)8-14)9-21-13-4-2-3-11(7-13)15(16,17)18/h2-8H,9,19H2,1H3. The molecule has 0 fully saturated rings. The summed E-state index contributed by atoms with van der Waals surface area (Å²) in [5.41, 5.74) is 6.17. The molecule has 3 nitrogen and oxygen atoms in total. The van der Waals surface area contributed by atoms with Gasteiger partial charge in [0, 0.05) is 11.8 Å². The van der Waals surface area contributed by atoms with Gasteiger partial charge in [-0.1, -0.05) is 6.07 Å². The normalized spacial score (nSPS) is 11.2. The van der Waals surface area contributed by atoms with Crippen LogP contribution in [0.4, 0.5) is 18.9 Å². The number of nitrogens with two attached hydrogens (primary N) is 1. The Labute approximate surface area is 120 Å². The van der Waals surface area contributed by atoms with Crippen molar-refractivity contribution in [3.63, 3.8) is 0 Å². The van der Waals surface area contributed by atoms with Crippen molar-refractivity contribution in [2.24, 2.45) is 0 Å². The number of methoxy groups -OCH3 is 1.